The van der Waals surface area contributed by atoms with E-state index in [-0.39, 0.29) is 5.13 Å². The number of nitrogens with one attached hydrogen (secondary N) is 2. The van der Waals surface area contributed by atoms with Crippen LogP contribution in [0.1, 0.15) is 12.5 Å². The van der Waals surface area contributed by atoms with Crippen molar-refractivity contribution in [3.8, 4) is 10.7 Å². The van der Waals surface area contributed by atoms with Crippen molar-refractivity contribution in [2.75, 3.05) is 11.9 Å². The van der Waals surface area contributed by atoms with Gasteiger partial charge in [-0.3, -0.25) is 24.8 Å². The Morgan fingerprint density at radius 3 is 2.67 bits per heavy atom. The first-order valence-corrected chi connectivity index (χ1v) is 9.63. The van der Waals surface area contributed by atoms with Crippen molar-refractivity contribution < 1.29 is 18.8 Å². The zero-order chi connectivity index (χ0) is 21.3. The largest absolute Gasteiger partial charge is 0.325 e. The molecule has 4 amide bonds. The standard InChI is InChI=1S/C19H15FN6O3S/c1-19(11-5-7-12(20)8-6-11)16(28)26(18(29)23-19)10-14(27)22-17-25-24-15(30-17)13-4-2-3-9-21-13/h2-9H,10H2,1H3,(H,23,29)(H,22,25,27). The lowest BCUT2D eigenvalue weighted by Gasteiger charge is -2.22. The van der Waals surface area contributed by atoms with E-state index in [0.29, 0.717) is 16.3 Å². The van der Waals surface area contributed by atoms with Gasteiger partial charge in [0.25, 0.3) is 5.91 Å². The van der Waals surface area contributed by atoms with Crippen LogP contribution in [0.4, 0.5) is 14.3 Å². The van der Waals surface area contributed by atoms with Crippen LogP contribution in [0.15, 0.2) is 48.7 Å². The Labute approximate surface area is 174 Å². The number of urea groups is 1. The number of amides is 4. The summed E-state index contributed by atoms with van der Waals surface area (Å²) < 4.78 is 13.2. The van der Waals surface area contributed by atoms with E-state index < -0.39 is 35.7 Å². The van der Waals surface area contributed by atoms with Crippen LogP contribution in [0.25, 0.3) is 10.7 Å². The fourth-order valence-electron chi connectivity index (χ4n) is 2.99. The second kappa shape index (κ2) is 7.59. The minimum absolute atomic E-state index is 0.217. The molecule has 1 unspecified atom stereocenters. The zero-order valence-electron chi connectivity index (χ0n) is 15.6. The lowest BCUT2D eigenvalue weighted by molar-refractivity contribution is -0.133. The van der Waals surface area contributed by atoms with E-state index in [2.05, 4.69) is 25.8 Å². The number of carbonyl (C=O) groups excluding carboxylic acids is 3. The van der Waals surface area contributed by atoms with Gasteiger partial charge in [-0.1, -0.05) is 29.5 Å². The van der Waals surface area contributed by atoms with Gasteiger partial charge in [0.2, 0.25) is 11.0 Å². The van der Waals surface area contributed by atoms with E-state index in [1.54, 1.807) is 24.4 Å². The molecule has 1 aliphatic heterocycles. The van der Waals surface area contributed by atoms with Gasteiger partial charge in [0.15, 0.2) is 5.01 Å². The molecular weight excluding hydrogens is 411 g/mol. The summed E-state index contributed by atoms with van der Waals surface area (Å²) in [6.07, 6.45) is 1.62. The molecule has 4 rings (SSSR count). The number of halogens is 1. The third-order valence-corrected chi connectivity index (χ3v) is 5.41. The number of nitrogens with zero attached hydrogens (tertiary/aromatic N) is 4. The van der Waals surface area contributed by atoms with Crippen molar-refractivity contribution in [3.63, 3.8) is 0 Å². The average Bonchev–Trinajstić information content (AvgIpc) is 3.28. The van der Waals surface area contributed by atoms with Crippen molar-refractivity contribution in [2.24, 2.45) is 0 Å². The maximum atomic E-state index is 13.2. The molecule has 0 aliphatic carbocycles. The molecule has 2 N–H and O–H groups in total. The topological polar surface area (TPSA) is 117 Å². The highest BCUT2D eigenvalue weighted by Crippen LogP contribution is 2.29. The van der Waals surface area contributed by atoms with Crippen molar-refractivity contribution >= 4 is 34.3 Å². The average molecular weight is 426 g/mol. The van der Waals surface area contributed by atoms with Crippen LogP contribution < -0.4 is 10.6 Å². The number of rotatable bonds is 5. The second-order valence-corrected chi connectivity index (χ2v) is 7.61. The summed E-state index contributed by atoms with van der Waals surface area (Å²) in [4.78, 5) is 42.5. The predicted octanol–water partition coefficient (Wildman–Crippen LogP) is 2.14. The van der Waals surface area contributed by atoms with Gasteiger partial charge < -0.3 is 5.32 Å². The van der Waals surface area contributed by atoms with Gasteiger partial charge in [-0.15, -0.1) is 10.2 Å². The van der Waals surface area contributed by atoms with Gasteiger partial charge in [-0.25, -0.2) is 9.18 Å². The van der Waals surface area contributed by atoms with E-state index in [1.165, 1.54) is 31.2 Å². The molecule has 0 bridgehead atoms. The van der Waals surface area contributed by atoms with Crippen LogP contribution in [0, 0.1) is 5.82 Å². The number of benzene rings is 1. The number of aromatic nitrogens is 3. The lowest BCUT2D eigenvalue weighted by atomic mass is 9.92. The first kappa shape index (κ1) is 19.6. The van der Waals surface area contributed by atoms with Crippen molar-refractivity contribution in [1.29, 1.82) is 0 Å². The van der Waals surface area contributed by atoms with Gasteiger partial charge in [0, 0.05) is 6.20 Å². The molecule has 0 spiro atoms. The van der Waals surface area contributed by atoms with E-state index in [9.17, 15) is 18.8 Å². The van der Waals surface area contributed by atoms with Crippen molar-refractivity contribution in [3.05, 3.63) is 60.0 Å². The van der Waals surface area contributed by atoms with Crippen LogP contribution in [0.5, 0.6) is 0 Å². The van der Waals surface area contributed by atoms with Crippen LogP contribution in [-0.4, -0.2) is 44.5 Å². The summed E-state index contributed by atoms with van der Waals surface area (Å²) in [7, 11) is 0. The first-order chi connectivity index (χ1) is 14.4. The van der Waals surface area contributed by atoms with Gasteiger partial charge in [-0.05, 0) is 36.8 Å². The normalized spacial score (nSPS) is 18.4. The second-order valence-electron chi connectivity index (χ2n) is 6.63. The molecular formula is C19H15FN6O3S. The number of hydrogen-bond donors (Lipinski definition) is 2. The van der Waals surface area contributed by atoms with E-state index in [0.717, 1.165) is 16.2 Å². The van der Waals surface area contributed by atoms with Crippen LogP contribution in [0.2, 0.25) is 0 Å². The number of carbonyl (C=O) groups is 3. The lowest BCUT2D eigenvalue weighted by Crippen LogP contribution is -2.42. The molecule has 1 aromatic carbocycles. The SMILES string of the molecule is CC1(c2ccc(F)cc2)NC(=O)N(CC(=O)Nc2nnc(-c3ccccn3)s2)C1=O. The highest BCUT2D eigenvalue weighted by molar-refractivity contribution is 7.18. The molecule has 1 aliphatic rings. The molecule has 3 heterocycles. The minimum atomic E-state index is -1.39. The summed E-state index contributed by atoms with van der Waals surface area (Å²) >= 11 is 1.12. The number of imide groups is 1. The maximum absolute atomic E-state index is 13.2. The monoisotopic (exact) mass is 426 g/mol. The minimum Gasteiger partial charge on any atom is -0.319 e. The maximum Gasteiger partial charge on any atom is 0.325 e. The summed E-state index contributed by atoms with van der Waals surface area (Å²) in [5.41, 5.74) is -0.367. The molecule has 2 aromatic heterocycles. The summed E-state index contributed by atoms with van der Waals surface area (Å²) in [5.74, 6) is -1.68. The van der Waals surface area contributed by atoms with E-state index >= 15 is 0 Å². The molecule has 11 heteroatoms. The van der Waals surface area contributed by atoms with Gasteiger partial charge >= 0.3 is 6.03 Å². The smallest absolute Gasteiger partial charge is 0.319 e. The third kappa shape index (κ3) is 3.62. The number of pyridine rings is 1. The molecule has 0 radical (unpaired) electrons. The summed E-state index contributed by atoms with van der Waals surface area (Å²) in [6.45, 7) is 1.00. The Morgan fingerprint density at radius 2 is 1.97 bits per heavy atom. The van der Waals surface area contributed by atoms with Crippen LogP contribution >= 0.6 is 11.3 Å². The van der Waals surface area contributed by atoms with E-state index in [4.69, 9.17) is 0 Å². The Bertz CT molecular complexity index is 1120. The summed E-state index contributed by atoms with van der Waals surface area (Å²) in [6, 6.07) is 9.84. The molecule has 1 saturated heterocycles. The zero-order valence-corrected chi connectivity index (χ0v) is 16.4. The van der Waals surface area contributed by atoms with Gasteiger partial charge in [0.1, 0.15) is 23.6 Å². The highest BCUT2D eigenvalue weighted by Gasteiger charge is 2.49. The van der Waals surface area contributed by atoms with Crippen LogP contribution in [0.3, 0.4) is 0 Å². The molecule has 9 nitrogen and oxygen atoms in total. The Hall–Kier alpha value is -3.73. The first-order valence-electron chi connectivity index (χ1n) is 8.82. The highest BCUT2D eigenvalue weighted by atomic mass is 32.1. The van der Waals surface area contributed by atoms with Crippen molar-refractivity contribution in [1.82, 2.24) is 25.4 Å². The predicted molar refractivity (Wildman–Crippen MR) is 106 cm³/mol. The van der Waals surface area contributed by atoms with Gasteiger partial charge in [0.05, 0.1) is 0 Å². The number of hydrogen-bond acceptors (Lipinski definition) is 7. The molecule has 30 heavy (non-hydrogen) atoms. The van der Waals surface area contributed by atoms with Gasteiger partial charge in [-0.2, -0.15) is 0 Å². The van der Waals surface area contributed by atoms with Crippen molar-refractivity contribution in [2.45, 2.75) is 12.5 Å². The quantitative estimate of drug-likeness (QED) is 0.604. The molecule has 1 atom stereocenters. The molecule has 1 fully saturated rings. The Balaban J connectivity index is 1.45. The van der Waals surface area contributed by atoms with Crippen LogP contribution in [-0.2, 0) is 15.1 Å². The Kier molecular flexibility index (Phi) is 4.96. The fourth-order valence-corrected chi connectivity index (χ4v) is 3.72. The van der Waals surface area contributed by atoms with E-state index in [1.807, 2.05) is 0 Å². The molecule has 152 valence electrons. The molecule has 0 saturated carbocycles. The third-order valence-electron chi connectivity index (χ3n) is 4.55. The fraction of sp³-hybridized carbons (Fsp3) is 0.158. The number of anilines is 1. The molecule has 3 aromatic rings. The Morgan fingerprint density at radius 1 is 1.20 bits per heavy atom. The summed E-state index contributed by atoms with van der Waals surface area (Å²) in [5, 5.41) is 13.7.